The van der Waals surface area contributed by atoms with Gasteiger partial charge in [0.25, 0.3) is 5.91 Å². The van der Waals surface area contributed by atoms with Crippen molar-refractivity contribution in [2.45, 2.75) is 31.7 Å². The first-order chi connectivity index (χ1) is 22.9. The van der Waals surface area contributed by atoms with Crippen LogP contribution in [0.3, 0.4) is 0 Å². The van der Waals surface area contributed by atoms with Gasteiger partial charge in [-0.15, -0.1) is 0 Å². The van der Waals surface area contributed by atoms with E-state index < -0.39 is 12.1 Å². The van der Waals surface area contributed by atoms with E-state index in [-0.39, 0.29) is 50.6 Å². The van der Waals surface area contributed by atoms with E-state index in [4.69, 9.17) is 18.9 Å². The fraction of sp³-hybridized carbons (Fsp3) is 0.364. The quantitative estimate of drug-likeness (QED) is 0.269. The Kier molecular flexibility index (Phi) is 10.1. The molecule has 2 aliphatic heterocycles. The van der Waals surface area contributed by atoms with Gasteiger partial charge >= 0.3 is 6.03 Å². The zero-order chi connectivity index (χ0) is 32.6. The molecule has 3 N–H and O–H groups in total. The number of carbonyl (C=O) groups excluding carboxylic acids is 3. The van der Waals surface area contributed by atoms with Crippen LogP contribution in [0, 0.1) is 0 Å². The third kappa shape index (κ3) is 8.34. The second kappa shape index (κ2) is 14.9. The highest BCUT2D eigenvalue weighted by molar-refractivity contribution is 5.95. The van der Waals surface area contributed by atoms with Gasteiger partial charge in [-0.2, -0.15) is 15.0 Å². The summed E-state index contributed by atoms with van der Waals surface area (Å²) in [7, 11) is 1.58. The number of ether oxygens (including phenoxy) is 4. The number of urea groups is 1. The molecule has 0 unspecified atom stereocenters. The maximum atomic E-state index is 13.3. The van der Waals surface area contributed by atoms with Crippen molar-refractivity contribution in [3.05, 3.63) is 77.9 Å². The first-order valence-corrected chi connectivity index (χ1v) is 15.5. The number of hydrogen-bond donors (Lipinski definition) is 3. The molecule has 3 heterocycles. The van der Waals surface area contributed by atoms with Gasteiger partial charge in [0.05, 0.1) is 25.4 Å². The van der Waals surface area contributed by atoms with Crippen molar-refractivity contribution in [2.24, 2.45) is 0 Å². The van der Waals surface area contributed by atoms with Crippen LogP contribution < -0.4 is 25.4 Å². The molecule has 14 nitrogen and oxygen atoms in total. The summed E-state index contributed by atoms with van der Waals surface area (Å²) in [5.41, 5.74) is 2.61. The molecule has 2 atom stereocenters. The van der Waals surface area contributed by atoms with Crippen LogP contribution in [0.2, 0.25) is 0 Å². The Balaban J connectivity index is 1.19. The van der Waals surface area contributed by atoms with Crippen molar-refractivity contribution >= 4 is 28.9 Å². The third-order valence-electron chi connectivity index (χ3n) is 7.83. The average molecular weight is 644 g/mol. The standard InChI is InChI=1S/C33H37N7O7/c1-44-13-14-45-25-16-23-17-26(18-25)47-24-6-4-5-22(15-24)21-46-30-19-39(12-9-29(30)36-33(43)35-11-10-34-32(23)42)31(41)20-40-37-27-7-2-3-8-28(27)38-40/h2-8,15-18,29-30H,9-14,19-21H2,1H3,(H,34,42)(H2,35,36,43)/t29-,30-/m0/s1. The fourth-order valence-electron chi connectivity index (χ4n) is 5.47. The van der Waals surface area contributed by atoms with E-state index in [9.17, 15) is 14.4 Å². The van der Waals surface area contributed by atoms with Gasteiger partial charge in [0.1, 0.15) is 41.4 Å². The highest BCUT2D eigenvalue weighted by Crippen LogP contribution is 2.29. The lowest BCUT2D eigenvalue weighted by Crippen LogP contribution is -2.58. The number of piperidine rings is 1. The van der Waals surface area contributed by atoms with Crippen molar-refractivity contribution in [1.82, 2.24) is 35.8 Å². The number of methoxy groups -OCH3 is 1. The van der Waals surface area contributed by atoms with Crippen LogP contribution >= 0.6 is 0 Å². The number of fused-ring (bicyclic) bond motifs is 6. The van der Waals surface area contributed by atoms with Crippen LogP contribution in [-0.2, 0) is 27.4 Å². The Morgan fingerprint density at radius 1 is 0.957 bits per heavy atom. The van der Waals surface area contributed by atoms with Crippen molar-refractivity contribution in [3.63, 3.8) is 0 Å². The molecule has 47 heavy (non-hydrogen) atoms. The van der Waals surface area contributed by atoms with Crippen LogP contribution in [0.15, 0.2) is 66.7 Å². The van der Waals surface area contributed by atoms with E-state index in [1.807, 2.05) is 48.5 Å². The summed E-state index contributed by atoms with van der Waals surface area (Å²) < 4.78 is 23.4. The minimum Gasteiger partial charge on any atom is -0.491 e. The molecule has 6 rings (SSSR count). The van der Waals surface area contributed by atoms with Crippen molar-refractivity contribution in [2.75, 3.05) is 46.5 Å². The molecule has 246 valence electrons. The van der Waals surface area contributed by atoms with Gasteiger partial charge in [-0.05, 0) is 48.4 Å². The Morgan fingerprint density at radius 3 is 2.57 bits per heavy atom. The zero-order valence-electron chi connectivity index (χ0n) is 26.0. The van der Waals surface area contributed by atoms with Crippen molar-refractivity contribution in [3.8, 4) is 17.2 Å². The molecular formula is C33H37N7O7. The van der Waals surface area contributed by atoms with Crippen LogP contribution in [0.1, 0.15) is 22.3 Å². The normalized spacial score (nSPS) is 18.9. The summed E-state index contributed by atoms with van der Waals surface area (Å²) in [6.07, 6.45) is -0.00322. The van der Waals surface area contributed by atoms with Gasteiger partial charge in [0.2, 0.25) is 5.91 Å². The largest absolute Gasteiger partial charge is 0.491 e. The van der Waals surface area contributed by atoms with E-state index in [0.717, 1.165) is 16.6 Å². The number of likely N-dealkylation sites (tertiary alicyclic amines) is 1. The Bertz CT molecular complexity index is 1700. The number of hydrogen-bond acceptors (Lipinski definition) is 9. The minimum atomic E-state index is -0.491. The zero-order valence-corrected chi connectivity index (χ0v) is 26.0. The predicted octanol–water partition coefficient (Wildman–Crippen LogP) is 2.48. The van der Waals surface area contributed by atoms with Gasteiger partial charge in [-0.25, -0.2) is 4.79 Å². The molecule has 1 aromatic heterocycles. The fourth-order valence-corrected chi connectivity index (χ4v) is 5.47. The Morgan fingerprint density at radius 2 is 1.77 bits per heavy atom. The highest BCUT2D eigenvalue weighted by Gasteiger charge is 2.33. The summed E-state index contributed by atoms with van der Waals surface area (Å²) in [6, 6.07) is 19.1. The van der Waals surface area contributed by atoms with E-state index in [1.54, 1.807) is 30.2 Å². The number of carbonyl (C=O) groups is 3. The maximum Gasteiger partial charge on any atom is 0.315 e. The second-order valence-electron chi connectivity index (χ2n) is 11.2. The van der Waals surface area contributed by atoms with Crippen LogP contribution in [0.4, 0.5) is 4.79 Å². The number of aromatic nitrogens is 3. The minimum absolute atomic E-state index is 0.00851. The van der Waals surface area contributed by atoms with Crippen LogP contribution in [0.5, 0.6) is 17.2 Å². The molecule has 1 fully saturated rings. The van der Waals surface area contributed by atoms with Gasteiger partial charge in [-0.3, -0.25) is 9.59 Å². The first-order valence-electron chi connectivity index (χ1n) is 15.5. The van der Waals surface area contributed by atoms with Crippen molar-refractivity contribution in [1.29, 1.82) is 0 Å². The van der Waals surface area contributed by atoms with E-state index in [2.05, 4.69) is 26.1 Å². The Hall–Kier alpha value is -5.21. The molecule has 1 saturated heterocycles. The molecule has 0 saturated carbocycles. The molecule has 3 aromatic carbocycles. The van der Waals surface area contributed by atoms with Crippen LogP contribution in [0.25, 0.3) is 11.0 Å². The van der Waals surface area contributed by atoms with E-state index >= 15 is 0 Å². The number of nitrogens with one attached hydrogen (secondary N) is 3. The SMILES string of the molecule is COCCOc1cc2cc(c1)C(=O)NCCNC(=O)N[C@H]1CCN(C(=O)Cn3nc4ccccc4n3)C[C@@H]1OCc1cccc(c1)O2. The molecule has 4 amide bonds. The molecule has 4 aromatic rings. The lowest BCUT2D eigenvalue weighted by molar-refractivity contribution is -0.137. The van der Waals surface area contributed by atoms with Crippen molar-refractivity contribution < 1.29 is 33.3 Å². The van der Waals surface area contributed by atoms with Gasteiger partial charge in [-0.1, -0.05) is 24.3 Å². The molecule has 4 bridgehead atoms. The molecule has 14 heteroatoms. The molecule has 0 radical (unpaired) electrons. The van der Waals surface area contributed by atoms with Crippen LogP contribution in [-0.4, -0.2) is 96.4 Å². The summed E-state index contributed by atoms with van der Waals surface area (Å²) in [6.45, 7) is 1.99. The summed E-state index contributed by atoms with van der Waals surface area (Å²) in [5.74, 6) is 0.933. The molecule has 2 aliphatic rings. The summed E-state index contributed by atoms with van der Waals surface area (Å²) in [5, 5.41) is 17.4. The van der Waals surface area contributed by atoms with Gasteiger partial charge in [0.15, 0.2) is 0 Å². The number of amides is 4. The predicted molar refractivity (Wildman–Crippen MR) is 170 cm³/mol. The molecule has 0 aliphatic carbocycles. The van der Waals surface area contributed by atoms with Gasteiger partial charge < -0.3 is 39.8 Å². The van der Waals surface area contributed by atoms with E-state index in [1.165, 1.54) is 4.80 Å². The molecular weight excluding hydrogens is 606 g/mol. The number of rotatable bonds is 6. The maximum absolute atomic E-state index is 13.3. The molecule has 0 spiro atoms. The summed E-state index contributed by atoms with van der Waals surface area (Å²) in [4.78, 5) is 42.3. The first kappa shape index (κ1) is 31.8. The lowest BCUT2D eigenvalue weighted by atomic mass is 10.0. The highest BCUT2D eigenvalue weighted by atomic mass is 16.5. The lowest BCUT2D eigenvalue weighted by Gasteiger charge is -2.38. The third-order valence-corrected chi connectivity index (χ3v) is 7.83. The average Bonchev–Trinajstić information content (AvgIpc) is 3.48. The Labute approximate surface area is 271 Å². The summed E-state index contributed by atoms with van der Waals surface area (Å²) >= 11 is 0. The second-order valence-corrected chi connectivity index (χ2v) is 11.2. The number of benzene rings is 3. The van der Waals surface area contributed by atoms with Gasteiger partial charge in [0, 0.05) is 44.9 Å². The topological polar surface area (TPSA) is 158 Å². The van der Waals surface area contributed by atoms with E-state index in [0.29, 0.717) is 49.0 Å². The number of nitrogens with zero attached hydrogens (tertiary/aromatic N) is 4. The smallest absolute Gasteiger partial charge is 0.315 e. The monoisotopic (exact) mass is 643 g/mol.